The zero-order chi connectivity index (χ0) is 19.5. The second-order valence-electron chi connectivity index (χ2n) is 6.04. The fraction of sp³-hybridized carbons (Fsp3) is 0.400. The molecule has 1 aromatic heterocycles. The molecule has 140 valence electrons. The number of hydrogen-bond acceptors (Lipinski definition) is 9. The minimum Gasteiger partial charge on any atom is -0.493 e. The van der Waals surface area contributed by atoms with E-state index in [1.54, 1.807) is 20.8 Å². The van der Waals surface area contributed by atoms with Crippen molar-refractivity contribution in [3.8, 4) is 23.0 Å². The molecule has 11 nitrogen and oxygen atoms in total. The van der Waals surface area contributed by atoms with Gasteiger partial charge in [0.15, 0.2) is 5.75 Å². The minimum atomic E-state index is -0.761. The van der Waals surface area contributed by atoms with Crippen molar-refractivity contribution in [1.29, 1.82) is 0 Å². The third-order valence-corrected chi connectivity index (χ3v) is 2.94. The van der Waals surface area contributed by atoms with Crippen LogP contribution < -0.4 is 14.8 Å². The largest absolute Gasteiger partial charge is 0.493 e. The van der Waals surface area contributed by atoms with E-state index in [-0.39, 0.29) is 34.6 Å². The summed E-state index contributed by atoms with van der Waals surface area (Å²) in [6.45, 7) is 5.12. The molecular weight excluding hydrogens is 348 g/mol. The van der Waals surface area contributed by atoms with Crippen LogP contribution in [0.1, 0.15) is 20.8 Å². The quantitative estimate of drug-likeness (QED) is 0.624. The molecule has 0 radical (unpaired) electrons. The number of ether oxygens (including phenoxy) is 3. The fourth-order valence-electron chi connectivity index (χ4n) is 1.99. The zero-order valence-corrected chi connectivity index (χ0v) is 14.9. The van der Waals surface area contributed by atoms with Crippen molar-refractivity contribution >= 4 is 17.7 Å². The number of nitro benzene ring substituents is 1. The molecule has 0 saturated carbocycles. The number of amides is 1. The Morgan fingerprint density at radius 3 is 2.50 bits per heavy atom. The first-order valence-electron chi connectivity index (χ1n) is 7.39. The van der Waals surface area contributed by atoms with E-state index in [1.165, 1.54) is 26.4 Å². The van der Waals surface area contributed by atoms with Crippen molar-refractivity contribution in [2.45, 2.75) is 26.4 Å². The van der Waals surface area contributed by atoms with Crippen LogP contribution in [0.2, 0.25) is 0 Å². The van der Waals surface area contributed by atoms with Crippen LogP contribution >= 0.6 is 0 Å². The highest BCUT2D eigenvalue weighted by atomic mass is 16.6. The number of nitro groups is 1. The first-order chi connectivity index (χ1) is 12.1. The number of benzene rings is 1. The monoisotopic (exact) mass is 366 g/mol. The molecule has 0 fully saturated rings. The second kappa shape index (κ2) is 7.25. The molecule has 0 spiro atoms. The number of hydrogen-bond donors (Lipinski definition) is 1. The maximum Gasteiger partial charge on any atom is 0.414 e. The van der Waals surface area contributed by atoms with Crippen molar-refractivity contribution in [2.75, 3.05) is 19.5 Å². The normalized spacial score (nSPS) is 11.0. The van der Waals surface area contributed by atoms with Crippen LogP contribution in [-0.4, -0.2) is 41.0 Å². The van der Waals surface area contributed by atoms with Gasteiger partial charge in [0.1, 0.15) is 5.60 Å². The van der Waals surface area contributed by atoms with Crippen LogP contribution in [0.3, 0.4) is 0 Å². The topological polar surface area (TPSA) is 139 Å². The van der Waals surface area contributed by atoms with Gasteiger partial charge in [-0.3, -0.25) is 15.4 Å². The second-order valence-corrected chi connectivity index (χ2v) is 6.04. The lowest BCUT2D eigenvalue weighted by Gasteiger charge is -2.18. The standard InChI is InChI=1S/C15H18N4O7/c1-15(2,3)25-14(20)17-13-16-12(26-18-13)8-6-9(19(21)22)11(24-5)10(7-8)23-4/h6-7H,1-5H3,(H,17,18,20). The molecule has 1 amide bonds. The summed E-state index contributed by atoms with van der Waals surface area (Å²) in [7, 11) is 2.63. The summed E-state index contributed by atoms with van der Waals surface area (Å²) >= 11 is 0. The number of nitrogens with zero attached hydrogens (tertiary/aromatic N) is 3. The molecule has 0 aliphatic heterocycles. The van der Waals surface area contributed by atoms with Crippen LogP contribution in [0.5, 0.6) is 11.5 Å². The maximum atomic E-state index is 11.7. The summed E-state index contributed by atoms with van der Waals surface area (Å²) in [5.74, 6) is -0.115. The summed E-state index contributed by atoms with van der Waals surface area (Å²) in [5, 5.41) is 17.2. The molecule has 0 unspecified atom stereocenters. The molecule has 1 aromatic carbocycles. The molecule has 2 rings (SSSR count). The molecule has 1 N–H and O–H groups in total. The maximum absolute atomic E-state index is 11.7. The predicted molar refractivity (Wildman–Crippen MR) is 89.3 cm³/mol. The highest BCUT2D eigenvalue weighted by Gasteiger charge is 2.24. The average Bonchev–Trinajstić information content (AvgIpc) is 2.99. The Labute approximate surface area is 148 Å². The first-order valence-corrected chi connectivity index (χ1v) is 7.39. The van der Waals surface area contributed by atoms with Crippen LogP contribution in [0, 0.1) is 10.1 Å². The van der Waals surface area contributed by atoms with Crippen LogP contribution in [-0.2, 0) is 4.74 Å². The van der Waals surface area contributed by atoms with Gasteiger partial charge in [-0.15, -0.1) is 0 Å². The summed E-state index contributed by atoms with van der Waals surface area (Å²) in [6.07, 6.45) is -0.761. The number of anilines is 1. The van der Waals surface area contributed by atoms with Gasteiger partial charge in [0, 0.05) is 6.07 Å². The van der Waals surface area contributed by atoms with Crippen molar-refractivity contribution in [3.63, 3.8) is 0 Å². The molecule has 2 aromatic rings. The Balaban J connectivity index is 2.32. The Morgan fingerprint density at radius 2 is 1.96 bits per heavy atom. The fourth-order valence-corrected chi connectivity index (χ4v) is 1.99. The molecule has 11 heteroatoms. The number of nitrogens with one attached hydrogen (secondary N) is 1. The van der Waals surface area contributed by atoms with Crippen LogP contribution in [0.15, 0.2) is 16.7 Å². The molecule has 0 saturated heterocycles. The number of methoxy groups -OCH3 is 2. The lowest BCUT2D eigenvalue weighted by Crippen LogP contribution is -2.27. The summed E-state index contributed by atoms with van der Waals surface area (Å²) < 4.78 is 20.2. The SMILES string of the molecule is COc1cc(-c2nc(NC(=O)OC(C)(C)C)no2)cc([N+](=O)[O-])c1OC. The Hall–Kier alpha value is -3.37. The Bertz CT molecular complexity index is 826. The summed E-state index contributed by atoms with van der Waals surface area (Å²) in [6, 6.07) is 2.64. The minimum absolute atomic E-state index is 0.0344. The van der Waals surface area contributed by atoms with E-state index >= 15 is 0 Å². The Kier molecular flexibility index (Phi) is 5.29. The van der Waals surface area contributed by atoms with Crippen LogP contribution in [0.25, 0.3) is 11.5 Å². The molecular formula is C15H18N4O7. The average molecular weight is 366 g/mol. The van der Waals surface area contributed by atoms with Crippen LogP contribution in [0.4, 0.5) is 16.4 Å². The highest BCUT2D eigenvalue weighted by molar-refractivity contribution is 5.82. The summed E-state index contributed by atoms with van der Waals surface area (Å²) in [5.41, 5.74) is -0.804. The molecule has 0 aliphatic rings. The molecule has 0 aliphatic carbocycles. The lowest BCUT2D eigenvalue weighted by atomic mass is 10.1. The van der Waals surface area contributed by atoms with Gasteiger partial charge >= 0.3 is 11.8 Å². The van der Waals surface area contributed by atoms with Crippen molar-refractivity contribution in [3.05, 3.63) is 22.2 Å². The lowest BCUT2D eigenvalue weighted by molar-refractivity contribution is -0.385. The number of carbonyl (C=O) groups excluding carboxylic acids is 1. The smallest absolute Gasteiger partial charge is 0.414 e. The van der Waals surface area contributed by atoms with E-state index in [0.717, 1.165) is 0 Å². The Morgan fingerprint density at radius 1 is 1.27 bits per heavy atom. The molecule has 1 heterocycles. The number of aromatic nitrogens is 2. The van der Waals surface area contributed by atoms with Gasteiger partial charge < -0.3 is 18.7 Å². The molecule has 26 heavy (non-hydrogen) atoms. The van der Waals surface area contributed by atoms with Gasteiger partial charge in [-0.1, -0.05) is 0 Å². The number of carbonyl (C=O) groups is 1. The van der Waals surface area contributed by atoms with Gasteiger partial charge in [0.2, 0.25) is 5.75 Å². The third-order valence-electron chi connectivity index (χ3n) is 2.94. The van der Waals surface area contributed by atoms with Gasteiger partial charge in [-0.2, -0.15) is 4.98 Å². The van der Waals surface area contributed by atoms with Gasteiger partial charge in [0.25, 0.3) is 11.8 Å². The van der Waals surface area contributed by atoms with E-state index < -0.39 is 16.6 Å². The van der Waals surface area contributed by atoms with E-state index in [9.17, 15) is 14.9 Å². The van der Waals surface area contributed by atoms with Crippen molar-refractivity contribution in [2.24, 2.45) is 0 Å². The zero-order valence-electron chi connectivity index (χ0n) is 14.9. The van der Waals surface area contributed by atoms with Crippen molar-refractivity contribution in [1.82, 2.24) is 10.1 Å². The van der Waals surface area contributed by atoms with Gasteiger partial charge in [-0.05, 0) is 32.0 Å². The third kappa shape index (κ3) is 4.37. The van der Waals surface area contributed by atoms with Crippen molar-refractivity contribution < 1.29 is 28.5 Å². The van der Waals surface area contributed by atoms with Gasteiger partial charge in [0.05, 0.1) is 24.7 Å². The predicted octanol–water partition coefficient (Wildman–Crippen LogP) is 3.01. The number of rotatable bonds is 5. The van der Waals surface area contributed by atoms with E-state index in [2.05, 4.69) is 15.5 Å². The molecule has 0 bridgehead atoms. The molecule has 0 atom stereocenters. The van der Waals surface area contributed by atoms with Gasteiger partial charge in [-0.25, -0.2) is 4.79 Å². The highest BCUT2D eigenvalue weighted by Crippen LogP contribution is 2.40. The van der Waals surface area contributed by atoms with E-state index in [1.807, 2.05) is 0 Å². The first kappa shape index (κ1) is 19.0. The summed E-state index contributed by atoms with van der Waals surface area (Å²) in [4.78, 5) is 26.3. The van der Waals surface area contributed by atoms with E-state index in [0.29, 0.717) is 0 Å². The van der Waals surface area contributed by atoms with E-state index in [4.69, 9.17) is 18.7 Å².